The van der Waals surface area contributed by atoms with Gasteiger partial charge in [-0.25, -0.2) is 4.98 Å². The Labute approximate surface area is 102 Å². The third-order valence-corrected chi connectivity index (χ3v) is 2.41. The maximum atomic E-state index is 11.7. The van der Waals surface area contributed by atoms with E-state index >= 15 is 0 Å². The van der Waals surface area contributed by atoms with E-state index in [1.807, 2.05) is 13.8 Å². The van der Waals surface area contributed by atoms with Crippen molar-refractivity contribution >= 4 is 11.7 Å². The molecule has 17 heavy (non-hydrogen) atoms. The standard InChI is InChI=1S/C13H17N3O/c1-3-10(2)13(17)16-12-9-11(5-4-7-14)6-8-15-12/h6,8-10H,3,7,14H2,1-2H3,(H,15,16,17). The van der Waals surface area contributed by atoms with Gasteiger partial charge in [0.05, 0.1) is 6.54 Å². The molecule has 1 atom stereocenters. The number of nitrogens with zero attached hydrogens (tertiary/aromatic N) is 1. The van der Waals surface area contributed by atoms with E-state index in [1.165, 1.54) is 0 Å². The topological polar surface area (TPSA) is 68.0 Å². The van der Waals surface area contributed by atoms with Gasteiger partial charge in [0, 0.05) is 17.7 Å². The molecule has 1 aromatic rings. The summed E-state index contributed by atoms with van der Waals surface area (Å²) in [6, 6.07) is 3.52. The van der Waals surface area contributed by atoms with E-state index in [2.05, 4.69) is 22.1 Å². The molecule has 0 aromatic carbocycles. The quantitative estimate of drug-likeness (QED) is 0.772. The molecule has 1 aromatic heterocycles. The first-order chi connectivity index (χ1) is 8.17. The second-order valence-electron chi connectivity index (χ2n) is 3.73. The number of carbonyl (C=O) groups is 1. The summed E-state index contributed by atoms with van der Waals surface area (Å²) in [5, 5.41) is 2.76. The van der Waals surface area contributed by atoms with Crippen LogP contribution >= 0.6 is 0 Å². The Morgan fingerprint density at radius 1 is 1.65 bits per heavy atom. The molecule has 1 heterocycles. The van der Waals surface area contributed by atoms with Crippen LogP contribution in [0, 0.1) is 17.8 Å². The predicted molar refractivity (Wildman–Crippen MR) is 68.3 cm³/mol. The molecule has 4 heteroatoms. The Balaban J connectivity index is 2.75. The maximum absolute atomic E-state index is 11.7. The van der Waals surface area contributed by atoms with Gasteiger partial charge >= 0.3 is 0 Å². The lowest BCUT2D eigenvalue weighted by Crippen LogP contribution is -2.20. The van der Waals surface area contributed by atoms with E-state index < -0.39 is 0 Å². The van der Waals surface area contributed by atoms with Gasteiger partial charge in [0.15, 0.2) is 0 Å². The van der Waals surface area contributed by atoms with Gasteiger partial charge in [-0.1, -0.05) is 25.7 Å². The zero-order valence-electron chi connectivity index (χ0n) is 10.2. The minimum Gasteiger partial charge on any atom is -0.320 e. The number of carbonyl (C=O) groups excluding carboxylic acids is 1. The molecule has 0 fully saturated rings. The van der Waals surface area contributed by atoms with Gasteiger partial charge < -0.3 is 11.1 Å². The van der Waals surface area contributed by atoms with Crippen LogP contribution in [-0.4, -0.2) is 17.4 Å². The highest BCUT2D eigenvalue weighted by Crippen LogP contribution is 2.09. The van der Waals surface area contributed by atoms with E-state index in [0.29, 0.717) is 12.4 Å². The number of rotatable bonds is 3. The molecule has 0 aliphatic rings. The van der Waals surface area contributed by atoms with Gasteiger partial charge in [-0.2, -0.15) is 0 Å². The molecule has 0 saturated heterocycles. The largest absolute Gasteiger partial charge is 0.320 e. The molecular formula is C13H17N3O. The van der Waals surface area contributed by atoms with Crippen molar-refractivity contribution < 1.29 is 4.79 Å². The Bertz CT molecular complexity index is 445. The van der Waals surface area contributed by atoms with E-state index in [0.717, 1.165) is 12.0 Å². The van der Waals surface area contributed by atoms with Gasteiger partial charge in [-0.15, -0.1) is 0 Å². The SMILES string of the molecule is CCC(C)C(=O)Nc1cc(C#CCN)ccn1. The van der Waals surface area contributed by atoms with Crippen LogP contribution in [0.2, 0.25) is 0 Å². The van der Waals surface area contributed by atoms with Gasteiger partial charge in [0.25, 0.3) is 0 Å². The molecule has 0 spiro atoms. The predicted octanol–water partition coefficient (Wildman–Crippen LogP) is 1.38. The highest BCUT2D eigenvalue weighted by molar-refractivity contribution is 5.91. The smallest absolute Gasteiger partial charge is 0.228 e. The summed E-state index contributed by atoms with van der Waals surface area (Å²) in [6.45, 7) is 4.17. The van der Waals surface area contributed by atoms with Crippen LogP contribution in [-0.2, 0) is 4.79 Å². The van der Waals surface area contributed by atoms with E-state index in [-0.39, 0.29) is 11.8 Å². The Morgan fingerprint density at radius 3 is 3.06 bits per heavy atom. The number of anilines is 1. The Morgan fingerprint density at radius 2 is 2.41 bits per heavy atom. The molecule has 90 valence electrons. The van der Waals surface area contributed by atoms with Crippen molar-refractivity contribution in [3.05, 3.63) is 23.9 Å². The molecule has 4 nitrogen and oxygen atoms in total. The number of hydrogen-bond acceptors (Lipinski definition) is 3. The van der Waals surface area contributed by atoms with E-state index in [4.69, 9.17) is 5.73 Å². The molecule has 1 unspecified atom stereocenters. The summed E-state index contributed by atoms with van der Waals surface area (Å²) in [5.74, 6) is 6.14. The van der Waals surface area contributed by atoms with Crippen LogP contribution < -0.4 is 11.1 Å². The monoisotopic (exact) mass is 231 g/mol. The fraction of sp³-hybridized carbons (Fsp3) is 0.385. The fourth-order valence-electron chi connectivity index (χ4n) is 1.16. The van der Waals surface area contributed by atoms with E-state index in [1.54, 1.807) is 18.3 Å². The number of hydrogen-bond donors (Lipinski definition) is 2. The summed E-state index contributed by atoms with van der Waals surface area (Å²) < 4.78 is 0. The van der Waals surface area contributed by atoms with Gasteiger partial charge in [0.2, 0.25) is 5.91 Å². The number of pyridine rings is 1. The molecule has 0 bridgehead atoms. The lowest BCUT2D eigenvalue weighted by Gasteiger charge is -2.09. The zero-order chi connectivity index (χ0) is 12.7. The molecule has 0 radical (unpaired) electrons. The van der Waals surface area contributed by atoms with Crippen LogP contribution in [0.3, 0.4) is 0 Å². The lowest BCUT2D eigenvalue weighted by molar-refractivity contribution is -0.119. The van der Waals surface area contributed by atoms with Crippen LogP contribution in [0.4, 0.5) is 5.82 Å². The zero-order valence-corrected chi connectivity index (χ0v) is 10.2. The average Bonchev–Trinajstić information content (AvgIpc) is 2.35. The van der Waals surface area contributed by atoms with Crippen molar-refractivity contribution in [2.24, 2.45) is 11.7 Å². The first kappa shape index (κ1) is 13.2. The van der Waals surface area contributed by atoms with Crippen molar-refractivity contribution in [1.29, 1.82) is 0 Å². The summed E-state index contributed by atoms with van der Waals surface area (Å²) in [5.41, 5.74) is 6.09. The van der Waals surface area contributed by atoms with Crippen LogP contribution in [0.5, 0.6) is 0 Å². The summed E-state index contributed by atoms with van der Waals surface area (Å²) in [7, 11) is 0. The van der Waals surface area contributed by atoms with E-state index in [9.17, 15) is 4.79 Å². The van der Waals surface area contributed by atoms with Crippen LogP contribution in [0.25, 0.3) is 0 Å². The average molecular weight is 231 g/mol. The van der Waals surface area contributed by atoms with Gasteiger partial charge in [-0.05, 0) is 18.6 Å². The summed E-state index contributed by atoms with van der Waals surface area (Å²) >= 11 is 0. The van der Waals surface area contributed by atoms with Crippen molar-refractivity contribution in [1.82, 2.24) is 4.98 Å². The van der Waals surface area contributed by atoms with Crippen LogP contribution in [0.1, 0.15) is 25.8 Å². The molecule has 3 N–H and O–H groups in total. The van der Waals surface area contributed by atoms with Gasteiger partial charge in [-0.3, -0.25) is 4.79 Å². The number of amides is 1. The minimum absolute atomic E-state index is 0.0180. The third kappa shape index (κ3) is 4.25. The van der Waals surface area contributed by atoms with Crippen molar-refractivity contribution in [3.8, 4) is 11.8 Å². The number of nitrogens with one attached hydrogen (secondary N) is 1. The van der Waals surface area contributed by atoms with Crippen LogP contribution in [0.15, 0.2) is 18.3 Å². The molecular weight excluding hydrogens is 214 g/mol. The molecule has 0 saturated carbocycles. The number of aromatic nitrogens is 1. The normalized spacial score (nSPS) is 11.2. The lowest BCUT2D eigenvalue weighted by atomic mass is 10.1. The van der Waals surface area contributed by atoms with Crippen molar-refractivity contribution in [2.45, 2.75) is 20.3 Å². The molecule has 0 aliphatic carbocycles. The van der Waals surface area contributed by atoms with Crippen molar-refractivity contribution in [3.63, 3.8) is 0 Å². The highest BCUT2D eigenvalue weighted by Gasteiger charge is 2.10. The maximum Gasteiger partial charge on any atom is 0.228 e. The molecule has 1 rings (SSSR count). The third-order valence-electron chi connectivity index (χ3n) is 2.41. The molecule has 1 amide bonds. The second kappa shape index (κ2) is 6.66. The molecule has 0 aliphatic heterocycles. The van der Waals surface area contributed by atoms with Crippen molar-refractivity contribution in [2.75, 3.05) is 11.9 Å². The van der Waals surface area contributed by atoms with Gasteiger partial charge in [0.1, 0.15) is 5.82 Å². The highest BCUT2D eigenvalue weighted by atomic mass is 16.1. The fourth-order valence-corrected chi connectivity index (χ4v) is 1.16. The second-order valence-corrected chi connectivity index (χ2v) is 3.73. The Hall–Kier alpha value is -1.86. The first-order valence-corrected chi connectivity index (χ1v) is 5.63. The Kier molecular flexibility index (Phi) is 5.18. The summed E-state index contributed by atoms with van der Waals surface area (Å²) in [4.78, 5) is 15.7. The minimum atomic E-state index is -0.0241. The summed E-state index contributed by atoms with van der Waals surface area (Å²) in [6.07, 6.45) is 2.42. The first-order valence-electron chi connectivity index (χ1n) is 5.63. The number of nitrogens with two attached hydrogens (primary N) is 1.